The normalized spacial score (nSPS) is 32.2. The lowest BCUT2D eigenvalue weighted by Gasteiger charge is -2.43. The molecule has 2 aliphatic rings. The third-order valence-corrected chi connectivity index (χ3v) is 6.22. The van der Waals surface area contributed by atoms with Crippen molar-refractivity contribution in [1.29, 1.82) is 0 Å². The molecule has 4 nitrogen and oxygen atoms in total. The minimum absolute atomic E-state index is 0.0888. The zero-order valence-corrected chi connectivity index (χ0v) is 16.0. The first-order chi connectivity index (χ1) is 12.1. The van der Waals surface area contributed by atoms with Gasteiger partial charge in [0.15, 0.2) is 11.4 Å². The first-order valence-corrected chi connectivity index (χ1v) is 9.09. The van der Waals surface area contributed by atoms with Gasteiger partial charge in [0, 0.05) is 11.6 Å². The standard InChI is InChI=1S/C18H19BrF3NO3/c1-10-3-4-11(19)9-12(10)13-14(24)16(23-15(13)25)5-7-17(26-2,8-6-16)18(20,21)22/h3-4,9,13H,5-8H2,1-2H3,(H,23,25). The van der Waals surface area contributed by atoms with Crippen LogP contribution in [-0.4, -0.2) is 36.1 Å². The number of hydrogen-bond acceptors (Lipinski definition) is 3. The summed E-state index contributed by atoms with van der Waals surface area (Å²) in [7, 11) is 1.04. The predicted octanol–water partition coefficient (Wildman–Crippen LogP) is 3.80. The molecule has 3 rings (SSSR count). The molecule has 1 saturated heterocycles. The second-order valence-corrected chi connectivity index (χ2v) is 7.98. The molecule has 1 amide bonds. The SMILES string of the molecule is COC1(C(F)(F)F)CCC2(CC1)NC(=O)C(c1cc(Br)ccc1C)C2=O. The monoisotopic (exact) mass is 433 g/mol. The number of hydrogen-bond donors (Lipinski definition) is 1. The van der Waals surface area contributed by atoms with E-state index in [4.69, 9.17) is 4.74 Å². The van der Waals surface area contributed by atoms with Gasteiger partial charge in [0.2, 0.25) is 5.91 Å². The molecule has 2 fully saturated rings. The second kappa shape index (κ2) is 6.34. The van der Waals surface area contributed by atoms with Gasteiger partial charge in [-0.25, -0.2) is 0 Å². The summed E-state index contributed by atoms with van der Waals surface area (Å²) in [6.45, 7) is 1.80. The highest BCUT2D eigenvalue weighted by Crippen LogP contribution is 2.49. The number of alkyl halides is 3. The highest BCUT2D eigenvalue weighted by Gasteiger charge is 2.63. The Morgan fingerprint density at radius 1 is 1.19 bits per heavy atom. The molecule has 1 aliphatic carbocycles. The summed E-state index contributed by atoms with van der Waals surface area (Å²) >= 11 is 3.33. The maximum atomic E-state index is 13.4. The number of nitrogens with one attached hydrogen (secondary N) is 1. The number of methoxy groups -OCH3 is 1. The molecular formula is C18H19BrF3NO3. The van der Waals surface area contributed by atoms with Gasteiger partial charge >= 0.3 is 6.18 Å². The zero-order valence-electron chi connectivity index (χ0n) is 14.4. The number of halogens is 4. The predicted molar refractivity (Wildman–Crippen MR) is 91.8 cm³/mol. The van der Waals surface area contributed by atoms with Crippen LogP contribution in [0.1, 0.15) is 42.7 Å². The highest BCUT2D eigenvalue weighted by molar-refractivity contribution is 9.10. The molecule has 8 heteroatoms. The van der Waals surface area contributed by atoms with Crippen molar-refractivity contribution in [3.8, 4) is 0 Å². The average molecular weight is 434 g/mol. The average Bonchev–Trinajstić information content (AvgIpc) is 2.80. The fraction of sp³-hybridized carbons (Fsp3) is 0.556. The summed E-state index contributed by atoms with van der Waals surface area (Å²) in [6, 6.07) is 5.32. The van der Waals surface area contributed by atoms with Gasteiger partial charge in [-0.05, 0) is 55.9 Å². The van der Waals surface area contributed by atoms with Crippen LogP contribution in [0.25, 0.3) is 0 Å². The van der Waals surface area contributed by atoms with Crippen molar-refractivity contribution in [2.45, 2.75) is 55.8 Å². The number of aryl methyl sites for hydroxylation is 1. The Balaban J connectivity index is 1.90. The third kappa shape index (κ3) is 2.87. The second-order valence-electron chi connectivity index (χ2n) is 7.07. The molecule has 1 aliphatic heterocycles. The third-order valence-electron chi connectivity index (χ3n) is 5.73. The maximum absolute atomic E-state index is 13.4. The number of ether oxygens (including phenoxy) is 1. The zero-order chi connectivity index (χ0) is 19.3. The van der Waals surface area contributed by atoms with E-state index in [0.29, 0.717) is 5.56 Å². The summed E-state index contributed by atoms with van der Waals surface area (Å²) in [5, 5.41) is 2.70. The Morgan fingerprint density at radius 2 is 1.81 bits per heavy atom. The molecule has 1 heterocycles. The number of benzene rings is 1. The van der Waals surface area contributed by atoms with Crippen LogP contribution in [0.5, 0.6) is 0 Å². The summed E-state index contributed by atoms with van der Waals surface area (Å²) in [6.07, 6.45) is -5.41. The summed E-state index contributed by atoms with van der Waals surface area (Å²) in [5.74, 6) is -1.79. The molecule has 0 radical (unpaired) electrons. The number of ketones is 1. The molecular weight excluding hydrogens is 415 g/mol. The number of carbonyl (C=O) groups is 2. The van der Waals surface area contributed by atoms with E-state index in [2.05, 4.69) is 21.2 Å². The number of amides is 1. The fourth-order valence-corrected chi connectivity index (χ4v) is 4.40. The molecule has 1 N–H and O–H groups in total. The van der Waals surface area contributed by atoms with Crippen molar-refractivity contribution >= 4 is 27.6 Å². The number of Topliss-reactive ketones (excluding diaryl/α,β-unsaturated/α-hetero) is 1. The molecule has 142 valence electrons. The lowest BCUT2D eigenvalue weighted by atomic mass is 9.70. The molecule has 1 aromatic carbocycles. The molecule has 0 bridgehead atoms. The molecule has 0 aromatic heterocycles. The van der Waals surface area contributed by atoms with Crippen LogP contribution in [0.2, 0.25) is 0 Å². The highest BCUT2D eigenvalue weighted by atomic mass is 79.9. The molecule has 26 heavy (non-hydrogen) atoms. The quantitative estimate of drug-likeness (QED) is 0.721. The molecule has 1 spiro atoms. The minimum Gasteiger partial charge on any atom is -0.369 e. The minimum atomic E-state index is -4.52. The Bertz CT molecular complexity index is 755. The maximum Gasteiger partial charge on any atom is 0.417 e. The van der Waals surface area contributed by atoms with Crippen molar-refractivity contribution in [2.24, 2.45) is 0 Å². The van der Waals surface area contributed by atoms with Crippen LogP contribution < -0.4 is 5.32 Å². The van der Waals surface area contributed by atoms with Crippen molar-refractivity contribution in [3.63, 3.8) is 0 Å². The van der Waals surface area contributed by atoms with Gasteiger partial charge in [-0.1, -0.05) is 22.0 Å². The Kier molecular flexibility index (Phi) is 4.72. The van der Waals surface area contributed by atoms with Gasteiger partial charge in [0.25, 0.3) is 0 Å². The van der Waals surface area contributed by atoms with E-state index in [1.54, 1.807) is 19.1 Å². The van der Waals surface area contributed by atoms with E-state index >= 15 is 0 Å². The van der Waals surface area contributed by atoms with E-state index in [0.717, 1.165) is 17.1 Å². The lowest BCUT2D eigenvalue weighted by molar-refractivity contribution is -0.282. The lowest BCUT2D eigenvalue weighted by Crippen LogP contribution is -2.58. The number of rotatable bonds is 2. The van der Waals surface area contributed by atoms with Gasteiger partial charge in [-0.3, -0.25) is 9.59 Å². The van der Waals surface area contributed by atoms with E-state index in [1.807, 2.05) is 6.07 Å². The summed E-state index contributed by atoms with van der Waals surface area (Å²) in [5.41, 5.74) is -2.13. The van der Waals surface area contributed by atoms with Gasteiger partial charge in [0.05, 0.1) is 5.54 Å². The van der Waals surface area contributed by atoms with Crippen molar-refractivity contribution in [1.82, 2.24) is 5.32 Å². The fourth-order valence-electron chi connectivity index (χ4n) is 4.03. The molecule has 1 atom stereocenters. The first-order valence-electron chi connectivity index (χ1n) is 8.29. The largest absolute Gasteiger partial charge is 0.417 e. The van der Waals surface area contributed by atoms with Crippen molar-refractivity contribution in [3.05, 3.63) is 33.8 Å². The van der Waals surface area contributed by atoms with Gasteiger partial charge in [-0.15, -0.1) is 0 Å². The van der Waals surface area contributed by atoms with Crippen molar-refractivity contribution in [2.75, 3.05) is 7.11 Å². The summed E-state index contributed by atoms with van der Waals surface area (Å²) in [4.78, 5) is 25.6. The van der Waals surface area contributed by atoms with Crippen LogP contribution in [0.15, 0.2) is 22.7 Å². The van der Waals surface area contributed by atoms with E-state index in [9.17, 15) is 22.8 Å². The molecule has 1 aromatic rings. The summed E-state index contributed by atoms with van der Waals surface area (Å²) < 4.78 is 45.7. The van der Waals surface area contributed by atoms with Gasteiger partial charge in [0.1, 0.15) is 5.92 Å². The van der Waals surface area contributed by atoms with Crippen LogP contribution in [0.4, 0.5) is 13.2 Å². The molecule has 1 unspecified atom stereocenters. The van der Waals surface area contributed by atoms with Gasteiger partial charge in [-0.2, -0.15) is 13.2 Å². The van der Waals surface area contributed by atoms with E-state index < -0.39 is 29.1 Å². The van der Waals surface area contributed by atoms with Crippen molar-refractivity contribution < 1.29 is 27.5 Å². The van der Waals surface area contributed by atoms with E-state index in [1.165, 1.54) is 0 Å². The Hall–Kier alpha value is -1.41. The van der Waals surface area contributed by atoms with Gasteiger partial charge < -0.3 is 10.1 Å². The molecule has 1 saturated carbocycles. The van der Waals surface area contributed by atoms with Crippen LogP contribution in [0, 0.1) is 6.92 Å². The topological polar surface area (TPSA) is 55.4 Å². The number of carbonyl (C=O) groups excluding carboxylic acids is 2. The van der Waals surface area contributed by atoms with Crippen LogP contribution in [0.3, 0.4) is 0 Å². The van der Waals surface area contributed by atoms with Crippen LogP contribution in [-0.2, 0) is 14.3 Å². The van der Waals surface area contributed by atoms with E-state index in [-0.39, 0.29) is 31.5 Å². The smallest absolute Gasteiger partial charge is 0.369 e. The first kappa shape index (κ1) is 19.4. The Labute approximate surface area is 157 Å². The van der Waals surface area contributed by atoms with Crippen LogP contribution >= 0.6 is 15.9 Å². The Morgan fingerprint density at radius 3 is 2.35 bits per heavy atom.